The lowest BCUT2D eigenvalue weighted by molar-refractivity contribution is -0.161. The predicted molar refractivity (Wildman–Crippen MR) is 51.6 cm³/mol. The maximum atomic E-state index is 5.54. The Bertz CT molecular complexity index is 208. The van der Waals surface area contributed by atoms with Crippen LogP contribution >= 0.6 is 0 Å². The van der Waals surface area contributed by atoms with Crippen molar-refractivity contribution in [3.63, 3.8) is 0 Å². The summed E-state index contributed by atoms with van der Waals surface area (Å²) in [6, 6.07) is 1.65. The Kier molecular flexibility index (Phi) is 1.72. The predicted octanol–water partition coefficient (Wildman–Crippen LogP) is 1.70. The summed E-state index contributed by atoms with van der Waals surface area (Å²) in [6.07, 6.45) is 8.85. The SMILES string of the molecule is COC1CC(NC2CC2)C12CCC2. The first-order valence-corrected chi connectivity index (χ1v) is 5.64. The zero-order chi connectivity index (χ0) is 8.89. The quantitative estimate of drug-likeness (QED) is 0.715. The minimum Gasteiger partial charge on any atom is -0.381 e. The highest BCUT2D eigenvalue weighted by molar-refractivity contribution is 5.13. The molecule has 13 heavy (non-hydrogen) atoms. The summed E-state index contributed by atoms with van der Waals surface area (Å²) in [5.41, 5.74) is 0.567. The average molecular weight is 181 g/mol. The van der Waals surface area contributed by atoms with Gasteiger partial charge in [-0.05, 0) is 32.1 Å². The smallest absolute Gasteiger partial charge is 0.0657 e. The molecule has 0 radical (unpaired) electrons. The second-order valence-corrected chi connectivity index (χ2v) is 5.04. The van der Waals surface area contributed by atoms with Gasteiger partial charge in [0.15, 0.2) is 0 Å². The van der Waals surface area contributed by atoms with E-state index in [4.69, 9.17) is 4.74 Å². The van der Waals surface area contributed by atoms with Gasteiger partial charge in [0.05, 0.1) is 6.10 Å². The molecular formula is C11H19NO. The van der Waals surface area contributed by atoms with Crippen molar-refractivity contribution in [2.75, 3.05) is 7.11 Å². The standard InChI is InChI=1S/C11H19NO/c1-13-10-7-9(12-8-3-4-8)11(10)5-2-6-11/h8-10,12H,2-7H2,1H3. The van der Waals surface area contributed by atoms with Crippen molar-refractivity contribution in [3.8, 4) is 0 Å². The summed E-state index contributed by atoms with van der Waals surface area (Å²) >= 11 is 0. The molecule has 3 fully saturated rings. The van der Waals surface area contributed by atoms with Gasteiger partial charge in [0.25, 0.3) is 0 Å². The molecule has 3 aliphatic carbocycles. The lowest BCUT2D eigenvalue weighted by Crippen LogP contribution is -2.66. The van der Waals surface area contributed by atoms with Crippen LogP contribution in [0.15, 0.2) is 0 Å². The summed E-state index contributed by atoms with van der Waals surface area (Å²) < 4.78 is 5.54. The van der Waals surface area contributed by atoms with Gasteiger partial charge in [-0.25, -0.2) is 0 Å². The van der Waals surface area contributed by atoms with E-state index in [-0.39, 0.29) is 0 Å². The Morgan fingerprint density at radius 3 is 2.54 bits per heavy atom. The van der Waals surface area contributed by atoms with E-state index < -0.39 is 0 Å². The van der Waals surface area contributed by atoms with E-state index in [9.17, 15) is 0 Å². The van der Waals surface area contributed by atoms with Crippen LogP contribution in [0.5, 0.6) is 0 Å². The molecule has 0 aromatic heterocycles. The number of nitrogens with one attached hydrogen (secondary N) is 1. The van der Waals surface area contributed by atoms with E-state index in [2.05, 4.69) is 5.32 Å². The van der Waals surface area contributed by atoms with Gasteiger partial charge < -0.3 is 10.1 Å². The highest BCUT2D eigenvalue weighted by Gasteiger charge is 2.59. The van der Waals surface area contributed by atoms with Gasteiger partial charge in [-0.1, -0.05) is 6.42 Å². The van der Waals surface area contributed by atoms with Crippen LogP contribution in [-0.2, 0) is 4.74 Å². The highest BCUT2D eigenvalue weighted by Crippen LogP contribution is 2.57. The van der Waals surface area contributed by atoms with Crippen molar-refractivity contribution in [2.45, 2.75) is 56.7 Å². The first kappa shape index (κ1) is 8.25. The number of ether oxygens (including phenoxy) is 1. The summed E-state index contributed by atoms with van der Waals surface area (Å²) in [5, 5.41) is 3.77. The van der Waals surface area contributed by atoms with Gasteiger partial charge in [0.2, 0.25) is 0 Å². The molecule has 2 atom stereocenters. The van der Waals surface area contributed by atoms with Gasteiger partial charge in [-0.15, -0.1) is 0 Å². The largest absolute Gasteiger partial charge is 0.381 e. The normalized spacial score (nSPS) is 41.3. The molecule has 3 rings (SSSR count). The average Bonchev–Trinajstić information content (AvgIpc) is 2.76. The molecule has 2 unspecified atom stereocenters. The summed E-state index contributed by atoms with van der Waals surface area (Å²) in [4.78, 5) is 0. The molecule has 3 saturated carbocycles. The van der Waals surface area contributed by atoms with Crippen molar-refractivity contribution >= 4 is 0 Å². The van der Waals surface area contributed by atoms with Crippen molar-refractivity contribution in [2.24, 2.45) is 5.41 Å². The fourth-order valence-corrected chi connectivity index (χ4v) is 3.10. The summed E-state index contributed by atoms with van der Waals surface area (Å²) in [7, 11) is 1.87. The molecule has 0 saturated heterocycles. The molecule has 74 valence electrons. The molecule has 2 heteroatoms. The van der Waals surface area contributed by atoms with Crippen molar-refractivity contribution in [3.05, 3.63) is 0 Å². The van der Waals surface area contributed by atoms with Gasteiger partial charge >= 0.3 is 0 Å². The first-order chi connectivity index (χ1) is 6.35. The molecule has 1 spiro atoms. The fraction of sp³-hybridized carbons (Fsp3) is 1.00. The third-order valence-electron chi connectivity index (χ3n) is 4.37. The van der Waals surface area contributed by atoms with Crippen LogP contribution in [-0.4, -0.2) is 25.3 Å². The molecule has 0 bridgehead atoms. The zero-order valence-corrected chi connectivity index (χ0v) is 8.38. The van der Waals surface area contributed by atoms with Crippen LogP contribution in [0.1, 0.15) is 38.5 Å². The molecule has 0 aliphatic heterocycles. The zero-order valence-electron chi connectivity index (χ0n) is 8.38. The molecule has 0 aromatic carbocycles. The second-order valence-electron chi connectivity index (χ2n) is 5.04. The van der Waals surface area contributed by atoms with E-state index >= 15 is 0 Å². The van der Waals surface area contributed by atoms with Crippen molar-refractivity contribution in [1.82, 2.24) is 5.32 Å². The lowest BCUT2D eigenvalue weighted by Gasteiger charge is -2.61. The van der Waals surface area contributed by atoms with Crippen LogP contribution in [0.2, 0.25) is 0 Å². The van der Waals surface area contributed by atoms with Crippen LogP contribution < -0.4 is 5.32 Å². The van der Waals surface area contributed by atoms with Crippen LogP contribution in [0.4, 0.5) is 0 Å². The minimum atomic E-state index is 0.567. The van der Waals surface area contributed by atoms with Crippen molar-refractivity contribution < 1.29 is 4.74 Å². The third kappa shape index (κ3) is 1.08. The van der Waals surface area contributed by atoms with E-state index in [0.717, 1.165) is 12.1 Å². The Labute approximate surface area is 80.0 Å². The van der Waals surface area contributed by atoms with Crippen molar-refractivity contribution in [1.29, 1.82) is 0 Å². The van der Waals surface area contributed by atoms with E-state index in [0.29, 0.717) is 11.5 Å². The Morgan fingerprint density at radius 1 is 1.31 bits per heavy atom. The fourth-order valence-electron chi connectivity index (χ4n) is 3.10. The Hall–Kier alpha value is -0.0800. The van der Waals surface area contributed by atoms with E-state index in [1.54, 1.807) is 0 Å². The molecule has 0 amide bonds. The number of hydrogen-bond donors (Lipinski definition) is 1. The first-order valence-electron chi connectivity index (χ1n) is 5.64. The van der Waals surface area contributed by atoms with Crippen LogP contribution in [0, 0.1) is 5.41 Å². The third-order valence-corrected chi connectivity index (χ3v) is 4.37. The molecular weight excluding hydrogens is 162 g/mol. The molecule has 3 aliphatic rings. The van der Waals surface area contributed by atoms with E-state index in [1.807, 2.05) is 7.11 Å². The van der Waals surface area contributed by atoms with Crippen LogP contribution in [0.25, 0.3) is 0 Å². The van der Waals surface area contributed by atoms with Gasteiger partial charge in [-0.2, -0.15) is 0 Å². The van der Waals surface area contributed by atoms with Crippen LogP contribution in [0.3, 0.4) is 0 Å². The second kappa shape index (κ2) is 2.71. The topological polar surface area (TPSA) is 21.3 Å². The van der Waals surface area contributed by atoms with Gasteiger partial charge in [0, 0.05) is 24.6 Å². The molecule has 2 nitrogen and oxygen atoms in total. The number of methoxy groups -OCH3 is 1. The lowest BCUT2D eigenvalue weighted by atomic mass is 9.51. The molecule has 0 heterocycles. The van der Waals surface area contributed by atoms with E-state index in [1.165, 1.54) is 38.5 Å². The Morgan fingerprint density at radius 2 is 2.08 bits per heavy atom. The number of hydrogen-bond acceptors (Lipinski definition) is 2. The Balaban J connectivity index is 1.63. The monoisotopic (exact) mass is 181 g/mol. The van der Waals surface area contributed by atoms with Gasteiger partial charge in [-0.3, -0.25) is 0 Å². The van der Waals surface area contributed by atoms with Gasteiger partial charge in [0.1, 0.15) is 0 Å². The number of rotatable bonds is 3. The summed E-state index contributed by atoms with van der Waals surface area (Å²) in [5.74, 6) is 0. The molecule has 0 aromatic rings. The maximum Gasteiger partial charge on any atom is 0.0657 e. The molecule has 1 N–H and O–H groups in total. The highest BCUT2D eigenvalue weighted by atomic mass is 16.5. The minimum absolute atomic E-state index is 0.567. The summed E-state index contributed by atoms with van der Waals surface area (Å²) in [6.45, 7) is 0. The maximum absolute atomic E-state index is 5.54.